The predicted molar refractivity (Wildman–Crippen MR) is 59.4 cm³/mol. The largest absolute Gasteiger partial charge is 0.392 e. The Hall–Kier alpha value is -0.850. The summed E-state index contributed by atoms with van der Waals surface area (Å²) in [5.74, 6) is 0. The molecule has 1 aromatic heterocycles. The predicted octanol–water partition coefficient (Wildman–Crippen LogP) is 0.549. The molecule has 1 aliphatic heterocycles. The molecule has 1 fully saturated rings. The molecule has 2 heterocycles. The first-order chi connectivity index (χ1) is 7.34. The standard InChI is InChI=1S/C10H16N2O3S/c1-10(2)5-8(13)7-12(10)16(14,15)9-3-4-11-6-9/h3-4,6,8,11,13H,5,7H2,1-2H3. The third-order valence-electron chi connectivity index (χ3n) is 2.94. The van der Waals surface area contributed by atoms with E-state index >= 15 is 0 Å². The Kier molecular flexibility index (Phi) is 2.60. The van der Waals surface area contributed by atoms with Crippen LogP contribution in [0.25, 0.3) is 0 Å². The molecule has 5 nitrogen and oxygen atoms in total. The molecule has 0 bridgehead atoms. The molecule has 0 spiro atoms. The van der Waals surface area contributed by atoms with Crippen LogP contribution in [0.4, 0.5) is 0 Å². The third kappa shape index (κ3) is 1.77. The highest BCUT2D eigenvalue weighted by Gasteiger charge is 2.45. The zero-order chi connectivity index (χ0) is 12.0. The minimum atomic E-state index is -3.49. The van der Waals surface area contributed by atoms with E-state index in [0.717, 1.165) is 0 Å². The molecule has 16 heavy (non-hydrogen) atoms. The van der Waals surface area contributed by atoms with Crippen LogP contribution in [0.2, 0.25) is 0 Å². The fourth-order valence-electron chi connectivity index (χ4n) is 2.20. The van der Waals surface area contributed by atoms with Crippen molar-refractivity contribution in [2.24, 2.45) is 0 Å². The van der Waals surface area contributed by atoms with Crippen LogP contribution in [0.1, 0.15) is 20.3 Å². The van der Waals surface area contributed by atoms with Gasteiger partial charge in [-0.25, -0.2) is 8.42 Å². The zero-order valence-electron chi connectivity index (χ0n) is 9.34. The molecule has 1 unspecified atom stereocenters. The molecule has 1 atom stereocenters. The highest BCUT2D eigenvalue weighted by molar-refractivity contribution is 7.89. The lowest BCUT2D eigenvalue weighted by atomic mass is 10.0. The minimum absolute atomic E-state index is 0.167. The zero-order valence-corrected chi connectivity index (χ0v) is 10.2. The van der Waals surface area contributed by atoms with Crippen molar-refractivity contribution in [2.75, 3.05) is 6.54 Å². The van der Waals surface area contributed by atoms with E-state index in [1.54, 1.807) is 6.20 Å². The number of aliphatic hydroxyl groups is 1. The molecule has 1 aliphatic rings. The Morgan fingerprint density at radius 2 is 2.25 bits per heavy atom. The summed E-state index contributed by atoms with van der Waals surface area (Å²) in [5, 5.41) is 9.58. The van der Waals surface area contributed by atoms with E-state index in [9.17, 15) is 13.5 Å². The molecular weight excluding hydrogens is 228 g/mol. The molecule has 0 aliphatic carbocycles. The van der Waals surface area contributed by atoms with Gasteiger partial charge in [0, 0.05) is 24.5 Å². The number of hydrogen-bond acceptors (Lipinski definition) is 3. The van der Waals surface area contributed by atoms with Crippen molar-refractivity contribution in [3.05, 3.63) is 18.5 Å². The molecule has 2 rings (SSSR count). The topological polar surface area (TPSA) is 73.4 Å². The number of aromatic nitrogens is 1. The Balaban J connectivity index is 2.39. The third-order valence-corrected chi connectivity index (χ3v) is 5.02. The van der Waals surface area contributed by atoms with E-state index < -0.39 is 21.7 Å². The van der Waals surface area contributed by atoms with Gasteiger partial charge in [-0.15, -0.1) is 0 Å². The van der Waals surface area contributed by atoms with Gasteiger partial charge in [0.25, 0.3) is 0 Å². The van der Waals surface area contributed by atoms with Gasteiger partial charge in [-0.2, -0.15) is 4.31 Å². The number of rotatable bonds is 2. The molecule has 0 amide bonds. The first-order valence-corrected chi connectivity index (χ1v) is 6.62. The fraction of sp³-hybridized carbons (Fsp3) is 0.600. The van der Waals surface area contributed by atoms with Crippen molar-refractivity contribution in [3.8, 4) is 0 Å². The number of hydrogen-bond donors (Lipinski definition) is 2. The van der Waals surface area contributed by atoms with Crippen molar-refractivity contribution in [1.29, 1.82) is 0 Å². The lowest BCUT2D eigenvalue weighted by Gasteiger charge is -2.29. The van der Waals surface area contributed by atoms with E-state index in [4.69, 9.17) is 0 Å². The SMILES string of the molecule is CC1(C)CC(O)CN1S(=O)(=O)c1cc[nH]c1. The summed E-state index contributed by atoms with van der Waals surface area (Å²) in [5.41, 5.74) is -0.532. The van der Waals surface area contributed by atoms with E-state index in [0.29, 0.717) is 6.42 Å². The summed E-state index contributed by atoms with van der Waals surface area (Å²) in [6.07, 6.45) is 2.92. The van der Waals surface area contributed by atoms with Gasteiger partial charge in [0.05, 0.1) is 11.0 Å². The second-order valence-electron chi connectivity index (χ2n) is 4.75. The first kappa shape index (κ1) is 11.6. The summed E-state index contributed by atoms with van der Waals surface area (Å²) in [7, 11) is -3.49. The van der Waals surface area contributed by atoms with Gasteiger partial charge in [-0.1, -0.05) is 0 Å². The molecule has 90 valence electrons. The van der Waals surface area contributed by atoms with E-state index in [1.165, 1.54) is 16.6 Å². The van der Waals surface area contributed by atoms with Gasteiger partial charge in [0.15, 0.2) is 0 Å². The highest BCUT2D eigenvalue weighted by Crippen LogP contribution is 2.33. The van der Waals surface area contributed by atoms with Gasteiger partial charge in [0.1, 0.15) is 0 Å². The van der Waals surface area contributed by atoms with E-state index in [2.05, 4.69) is 4.98 Å². The number of nitrogens with zero attached hydrogens (tertiary/aromatic N) is 1. The van der Waals surface area contributed by atoms with Crippen molar-refractivity contribution in [3.63, 3.8) is 0 Å². The molecule has 1 saturated heterocycles. The number of aliphatic hydroxyl groups excluding tert-OH is 1. The van der Waals surface area contributed by atoms with Crippen LogP contribution in [0.15, 0.2) is 23.4 Å². The molecule has 0 aromatic carbocycles. The van der Waals surface area contributed by atoms with Crippen LogP contribution in [0.3, 0.4) is 0 Å². The van der Waals surface area contributed by atoms with Gasteiger partial charge < -0.3 is 10.1 Å². The van der Waals surface area contributed by atoms with Gasteiger partial charge in [-0.3, -0.25) is 0 Å². The number of nitrogens with one attached hydrogen (secondary N) is 1. The van der Waals surface area contributed by atoms with Crippen LogP contribution in [0.5, 0.6) is 0 Å². The average molecular weight is 244 g/mol. The fourth-order valence-corrected chi connectivity index (χ4v) is 4.01. The normalized spacial score (nSPS) is 26.1. The second kappa shape index (κ2) is 3.58. The summed E-state index contributed by atoms with van der Waals surface area (Å²) >= 11 is 0. The van der Waals surface area contributed by atoms with Crippen molar-refractivity contribution < 1.29 is 13.5 Å². The Labute approximate surface area is 95.1 Å². The summed E-state index contributed by atoms with van der Waals surface area (Å²) < 4.78 is 25.9. The quantitative estimate of drug-likeness (QED) is 0.798. The van der Waals surface area contributed by atoms with E-state index in [1.807, 2.05) is 13.8 Å². The lowest BCUT2D eigenvalue weighted by molar-refractivity contribution is 0.187. The smallest absolute Gasteiger partial charge is 0.245 e. The van der Waals surface area contributed by atoms with E-state index in [-0.39, 0.29) is 11.4 Å². The van der Waals surface area contributed by atoms with Crippen molar-refractivity contribution in [2.45, 2.75) is 36.8 Å². The molecule has 0 radical (unpaired) electrons. The monoisotopic (exact) mass is 244 g/mol. The van der Waals surface area contributed by atoms with Gasteiger partial charge in [0.2, 0.25) is 10.0 Å². The van der Waals surface area contributed by atoms with Crippen molar-refractivity contribution >= 4 is 10.0 Å². The summed E-state index contributed by atoms with van der Waals surface area (Å²) in [4.78, 5) is 2.97. The Bertz CT molecular complexity index is 464. The van der Waals surface area contributed by atoms with Crippen molar-refractivity contribution in [1.82, 2.24) is 9.29 Å². The number of β-amino-alcohol motifs (C(OH)–C–C–N with tert-alkyl or cyclic N) is 1. The molecular formula is C10H16N2O3S. The highest BCUT2D eigenvalue weighted by atomic mass is 32.2. The molecule has 0 saturated carbocycles. The van der Waals surface area contributed by atoms with Crippen LogP contribution in [-0.2, 0) is 10.0 Å². The summed E-state index contributed by atoms with van der Waals surface area (Å²) in [6, 6.07) is 1.52. The maximum atomic E-state index is 12.3. The number of aromatic amines is 1. The molecule has 1 aromatic rings. The van der Waals surface area contributed by atoms with Gasteiger partial charge in [-0.05, 0) is 26.3 Å². The van der Waals surface area contributed by atoms with Crippen LogP contribution < -0.4 is 0 Å². The molecule has 2 N–H and O–H groups in total. The Morgan fingerprint density at radius 3 is 2.69 bits per heavy atom. The Morgan fingerprint density at radius 1 is 1.56 bits per heavy atom. The maximum Gasteiger partial charge on any atom is 0.245 e. The van der Waals surface area contributed by atoms with Crippen LogP contribution in [0, 0.1) is 0 Å². The second-order valence-corrected chi connectivity index (χ2v) is 6.62. The first-order valence-electron chi connectivity index (χ1n) is 5.18. The minimum Gasteiger partial charge on any atom is -0.392 e. The average Bonchev–Trinajstić information content (AvgIpc) is 2.72. The van der Waals surface area contributed by atoms with Crippen LogP contribution >= 0.6 is 0 Å². The van der Waals surface area contributed by atoms with Gasteiger partial charge >= 0.3 is 0 Å². The number of H-pyrrole nitrogens is 1. The molecule has 6 heteroatoms. The van der Waals surface area contributed by atoms with Crippen LogP contribution in [-0.4, -0.2) is 41.0 Å². The summed E-state index contributed by atoms with van der Waals surface area (Å²) in [6.45, 7) is 3.82. The number of sulfonamides is 1. The lowest BCUT2D eigenvalue weighted by Crippen LogP contribution is -2.42. The maximum absolute atomic E-state index is 12.3.